The van der Waals surface area contributed by atoms with E-state index in [-0.39, 0.29) is 5.91 Å². The van der Waals surface area contributed by atoms with Gasteiger partial charge in [0.1, 0.15) is 0 Å². The molecule has 0 aliphatic carbocycles. The molecule has 2 atom stereocenters. The highest BCUT2D eigenvalue weighted by Crippen LogP contribution is 2.33. The Balaban J connectivity index is 1.51. The Bertz CT molecular complexity index is 789. The zero-order valence-corrected chi connectivity index (χ0v) is 16.3. The number of nitrogens with two attached hydrogens (primary N) is 1. The average Bonchev–Trinajstić information content (AvgIpc) is 3.20. The van der Waals surface area contributed by atoms with Crippen molar-refractivity contribution >= 4 is 5.91 Å². The van der Waals surface area contributed by atoms with Gasteiger partial charge in [0.2, 0.25) is 0 Å². The maximum Gasteiger partial charge on any atom is 0.254 e. The lowest BCUT2D eigenvalue weighted by Crippen LogP contribution is -2.36. The van der Waals surface area contributed by atoms with Gasteiger partial charge in [0.05, 0.1) is 13.2 Å². The highest BCUT2D eigenvalue weighted by atomic mass is 16.5. The van der Waals surface area contributed by atoms with Crippen molar-refractivity contribution in [1.29, 1.82) is 0 Å². The Morgan fingerprint density at radius 3 is 2.46 bits per heavy atom. The summed E-state index contributed by atoms with van der Waals surface area (Å²) in [6.45, 7) is 6.20. The first-order valence-corrected chi connectivity index (χ1v) is 10.2. The van der Waals surface area contributed by atoms with E-state index < -0.39 is 0 Å². The van der Waals surface area contributed by atoms with Gasteiger partial charge in [-0.15, -0.1) is 0 Å². The van der Waals surface area contributed by atoms with Crippen LogP contribution in [0.2, 0.25) is 0 Å². The van der Waals surface area contributed by atoms with Gasteiger partial charge in [0.25, 0.3) is 5.91 Å². The van der Waals surface area contributed by atoms with Crippen LogP contribution in [0.25, 0.3) is 0 Å². The number of amides is 1. The average molecular weight is 380 g/mol. The Morgan fingerprint density at radius 2 is 1.71 bits per heavy atom. The Morgan fingerprint density at radius 1 is 1.00 bits per heavy atom. The van der Waals surface area contributed by atoms with Crippen molar-refractivity contribution in [2.45, 2.75) is 12.5 Å². The number of carbonyl (C=O) groups excluding carboxylic acids is 1. The Kier molecular flexibility index (Phi) is 6.05. The summed E-state index contributed by atoms with van der Waals surface area (Å²) in [5.41, 5.74) is 9.25. The number of hydrogen-bond donors (Lipinski definition) is 1. The number of carbonyl (C=O) groups is 1. The summed E-state index contributed by atoms with van der Waals surface area (Å²) in [6.07, 6.45) is 0. The fraction of sp³-hybridized carbons (Fsp3) is 0.435. The molecule has 2 heterocycles. The van der Waals surface area contributed by atoms with Crippen molar-refractivity contribution in [3.05, 3.63) is 71.3 Å². The third-order valence-electron chi connectivity index (χ3n) is 6.00. The van der Waals surface area contributed by atoms with Crippen LogP contribution in [0.3, 0.4) is 0 Å². The fourth-order valence-corrected chi connectivity index (χ4v) is 4.39. The van der Waals surface area contributed by atoms with Crippen LogP contribution in [0.15, 0.2) is 54.6 Å². The lowest BCUT2D eigenvalue weighted by atomic mass is 9.89. The first-order valence-electron chi connectivity index (χ1n) is 10.2. The normalized spacial score (nSPS) is 23.1. The van der Waals surface area contributed by atoms with Crippen LogP contribution >= 0.6 is 0 Å². The molecule has 148 valence electrons. The first kappa shape index (κ1) is 19.1. The molecule has 4 rings (SSSR count). The molecule has 2 aliphatic heterocycles. The molecule has 2 N–H and O–H groups in total. The van der Waals surface area contributed by atoms with E-state index >= 15 is 0 Å². The van der Waals surface area contributed by atoms with Crippen molar-refractivity contribution in [2.75, 3.05) is 45.9 Å². The quantitative estimate of drug-likeness (QED) is 0.866. The molecule has 28 heavy (non-hydrogen) atoms. The second-order valence-electron chi connectivity index (χ2n) is 7.77. The third kappa shape index (κ3) is 4.12. The van der Waals surface area contributed by atoms with Gasteiger partial charge in [-0.2, -0.15) is 0 Å². The highest BCUT2D eigenvalue weighted by molar-refractivity contribution is 5.96. The highest BCUT2D eigenvalue weighted by Gasteiger charge is 2.36. The Hall–Kier alpha value is -2.21. The topological polar surface area (TPSA) is 58.8 Å². The lowest BCUT2D eigenvalue weighted by Gasteiger charge is -2.27. The number of hydrogen-bond acceptors (Lipinski definition) is 4. The molecule has 2 aromatic rings. The summed E-state index contributed by atoms with van der Waals surface area (Å²) in [5.74, 6) is 0.736. The van der Waals surface area contributed by atoms with E-state index in [0.29, 0.717) is 18.4 Å². The van der Waals surface area contributed by atoms with Gasteiger partial charge in [-0.25, -0.2) is 0 Å². The number of morpholine rings is 1. The monoisotopic (exact) mass is 379 g/mol. The van der Waals surface area contributed by atoms with Crippen molar-refractivity contribution < 1.29 is 9.53 Å². The Labute approximate surface area is 167 Å². The number of rotatable bonds is 5. The summed E-state index contributed by atoms with van der Waals surface area (Å²) in [4.78, 5) is 17.7. The molecular formula is C23H29N3O2. The lowest BCUT2D eigenvalue weighted by molar-refractivity contribution is 0.0340. The van der Waals surface area contributed by atoms with Crippen LogP contribution in [-0.4, -0.2) is 61.6 Å². The molecule has 5 nitrogen and oxygen atoms in total. The molecule has 0 radical (unpaired) electrons. The van der Waals surface area contributed by atoms with E-state index in [9.17, 15) is 4.79 Å². The van der Waals surface area contributed by atoms with Gasteiger partial charge in [0, 0.05) is 44.2 Å². The minimum atomic E-state index is 0.126. The van der Waals surface area contributed by atoms with Crippen molar-refractivity contribution in [2.24, 2.45) is 11.7 Å². The molecule has 2 fully saturated rings. The number of nitrogens with zero attached hydrogens (tertiary/aromatic N) is 2. The van der Waals surface area contributed by atoms with Crippen molar-refractivity contribution in [3.8, 4) is 0 Å². The zero-order chi connectivity index (χ0) is 19.3. The predicted octanol–water partition coefficient (Wildman–Crippen LogP) is 2.33. The minimum Gasteiger partial charge on any atom is -0.379 e. The van der Waals surface area contributed by atoms with Crippen molar-refractivity contribution in [1.82, 2.24) is 9.80 Å². The summed E-state index contributed by atoms with van der Waals surface area (Å²) in [7, 11) is 0. The van der Waals surface area contributed by atoms with Crippen LogP contribution in [0.1, 0.15) is 27.4 Å². The molecule has 1 amide bonds. The molecule has 2 aliphatic rings. The largest absolute Gasteiger partial charge is 0.379 e. The molecule has 0 spiro atoms. The zero-order valence-electron chi connectivity index (χ0n) is 16.3. The van der Waals surface area contributed by atoms with Crippen LogP contribution in [0, 0.1) is 5.92 Å². The van der Waals surface area contributed by atoms with Crippen LogP contribution in [0.4, 0.5) is 0 Å². The SMILES string of the molecule is NC[C@@H]1CN(C(=O)c2ccccc2CN2CCOCC2)C[C@H]1c1ccccc1. The molecule has 0 saturated carbocycles. The van der Waals surface area contributed by atoms with Gasteiger partial charge in [-0.05, 0) is 29.7 Å². The second-order valence-corrected chi connectivity index (χ2v) is 7.77. The summed E-state index contributed by atoms with van der Waals surface area (Å²) in [6, 6.07) is 18.5. The molecule has 2 aromatic carbocycles. The summed E-state index contributed by atoms with van der Waals surface area (Å²) >= 11 is 0. The summed E-state index contributed by atoms with van der Waals surface area (Å²) < 4.78 is 5.45. The van der Waals surface area contributed by atoms with Crippen molar-refractivity contribution in [3.63, 3.8) is 0 Å². The van der Waals surface area contributed by atoms with Crippen LogP contribution in [-0.2, 0) is 11.3 Å². The van der Waals surface area contributed by atoms with Gasteiger partial charge >= 0.3 is 0 Å². The van der Waals surface area contributed by atoms with E-state index in [1.165, 1.54) is 5.56 Å². The predicted molar refractivity (Wildman–Crippen MR) is 110 cm³/mol. The fourth-order valence-electron chi connectivity index (χ4n) is 4.39. The second kappa shape index (κ2) is 8.86. The van der Waals surface area contributed by atoms with E-state index in [1.54, 1.807) is 0 Å². The van der Waals surface area contributed by atoms with E-state index in [2.05, 4.69) is 35.2 Å². The smallest absolute Gasteiger partial charge is 0.254 e. The maximum absolute atomic E-state index is 13.4. The van der Waals surface area contributed by atoms with E-state index in [1.807, 2.05) is 29.2 Å². The molecule has 0 unspecified atom stereocenters. The van der Waals surface area contributed by atoms with Crippen LogP contribution in [0.5, 0.6) is 0 Å². The van der Waals surface area contributed by atoms with E-state index in [4.69, 9.17) is 10.5 Å². The maximum atomic E-state index is 13.4. The molecule has 5 heteroatoms. The molecule has 0 aromatic heterocycles. The van der Waals surface area contributed by atoms with E-state index in [0.717, 1.165) is 57.1 Å². The van der Waals surface area contributed by atoms with Gasteiger partial charge in [-0.3, -0.25) is 9.69 Å². The standard InChI is InChI=1S/C23H29N3O2/c24-14-20-16-26(17-22(20)18-6-2-1-3-7-18)23(27)21-9-5-4-8-19(21)15-25-10-12-28-13-11-25/h1-9,20,22H,10-17,24H2/t20-,22+/m1/s1. The summed E-state index contributed by atoms with van der Waals surface area (Å²) in [5, 5.41) is 0. The molecule has 0 bridgehead atoms. The third-order valence-corrected chi connectivity index (χ3v) is 6.00. The number of benzene rings is 2. The van der Waals surface area contributed by atoms with Gasteiger partial charge in [-0.1, -0.05) is 48.5 Å². The number of ether oxygens (including phenoxy) is 1. The van der Waals surface area contributed by atoms with Gasteiger partial charge < -0.3 is 15.4 Å². The van der Waals surface area contributed by atoms with Crippen LogP contribution < -0.4 is 5.73 Å². The van der Waals surface area contributed by atoms with Gasteiger partial charge in [0.15, 0.2) is 0 Å². The minimum absolute atomic E-state index is 0.126. The number of likely N-dealkylation sites (tertiary alicyclic amines) is 1. The molecule has 2 saturated heterocycles. The first-order chi connectivity index (χ1) is 13.8. The molecular weight excluding hydrogens is 350 g/mol.